The van der Waals surface area contributed by atoms with Crippen molar-refractivity contribution in [3.63, 3.8) is 0 Å². The SMILES string of the molecule is CCn1c2ccccc2c2cc(C=NNC(=O)CSc3nnc(-c4ccc(OC)cc4)n3-c3ccc(C)cc3)ccc21. The van der Waals surface area contributed by atoms with Gasteiger partial charge in [-0.1, -0.05) is 53.7 Å². The Labute approximate surface area is 248 Å². The van der Waals surface area contributed by atoms with Crippen LogP contribution < -0.4 is 10.2 Å². The molecule has 2 aromatic heterocycles. The van der Waals surface area contributed by atoms with E-state index in [2.05, 4.69) is 68.6 Å². The van der Waals surface area contributed by atoms with Crippen LogP contribution in [0.5, 0.6) is 5.75 Å². The number of hydrazone groups is 1. The van der Waals surface area contributed by atoms with E-state index in [1.807, 2.05) is 66.1 Å². The summed E-state index contributed by atoms with van der Waals surface area (Å²) < 4.78 is 9.57. The second kappa shape index (κ2) is 11.9. The van der Waals surface area contributed by atoms with Crippen LogP contribution >= 0.6 is 11.8 Å². The van der Waals surface area contributed by atoms with E-state index in [4.69, 9.17) is 4.74 Å². The summed E-state index contributed by atoms with van der Waals surface area (Å²) >= 11 is 1.31. The summed E-state index contributed by atoms with van der Waals surface area (Å²) in [6, 6.07) is 30.4. The average Bonchev–Trinajstić information content (AvgIpc) is 3.59. The van der Waals surface area contributed by atoms with Gasteiger partial charge in [-0.05, 0) is 74.0 Å². The minimum atomic E-state index is -0.232. The fourth-order valence-corrected chi connectivity index (χ4v) is 5.79. The molecule has 0 unspecified atom stereocenters. The third-order valence-corrected chi connectivity index (χ3v) is 8.05. The number of ether oxygens (including phenoxy) is 1. The zero-order valence-corrected chi connectivity index (χ0v) is 24.4. The van der Waals surface area contributed by atoms with E-state index < -0.39 is 0 Å². The van der Waals surface area contributed by atoms with Gasteiger partial charge in [0.05, 0.1) is 19.1 Å². The lowest BCUT2D eigenvalue weighted by Gasteiger charge is -2.11. The molecule has 0 saturated carbocycles. The number of nitrogens with zero attached hydrogens (tertiary/aromatic N) is 5. The summed E-state index contributed by atoms with van der Waals surface area (Å²) in [6.45, 7) is 5.09. The van der Waals surface area contributed by atoms with Crippen LogP contribution in [0.3, 0.4) is 0 Å². The van der Waals surface area contributed by atoms with Crippen molar-refractivity contribution < 1.29 is 9.53 Å². The molecule has 8 nitrogen and oxygen atoms in total. The number of methoxy groups -OCH3 is 1. The van der Waals surface area contributed by atoms with Crippen LogP contribution in [0.15, 0.2) is 101 Å². The van der Waals surface area contributed by atoms with Crippen LogP contribution in [-0.2, 0) is 11.3 Å². The van der Waals surface area contributed by atoms with Gasteiger partial charge in [0.1, 0.15) is 5.75 Å². The number of carbonyl (C=O) groups excluding carboxylic acids is 1. The van der Waals surface area contributed by atoms with E-state index >= 15 is 0 Å². The highest BCUT2D eigenvalue weighted by Gasteiger charge is 2.17. The molecule has 1 N–H and O–H groups in total. The Hall–Kier alpha value is -4.89. The number of amides is 1. The van der Waals surface area contributed by atoms with E-state index in [0.717, 1.165) is 34.7 Å². The first kappa shape index (κ1) is 27.3. The van der Waals surface area contributed by atoms with E-state index in [0.29, 0.717) is 11.0 Å². The molecule has 0 spiro atoms. The molecular weight excluding hydrogens is 544 g/mol. The summed E-state index contributed by atoms with van der Waals surface area (Å²) in [5.41, 5.74) is 8.92. The molecule has 0 aliphatic rings. The maximum atomic E-state index is 12.8. The third kappa shape index (κ3) is 5.38. The number of fused-ring (bicyclic) bond motifs is 3. The Bertz CT molecular complexity index is 1910. The summed E-state index contributed by atoms with van der Waals surface area (Å²) in [5, 5.41) is 16.1. The maximum absolute atomic E-state index is 12.8. The molecule has 6 rings (SSSR count). The first-order valence-electron chi connectivity index (χ1n) is 13.7. The molecule has 1 amide bonds. The van der Waals surface area contributed by atoms with Gasteiger partial charge < -0.3 is 9.30 Å². The van der Waals surface area contributed by atoms with E-state index in [-0.39, 0.29) is 11.7 Å². The molecule has 9 heteroatoms. The van der Waals surface area contributed by atoms with Gasteiger partial charge >= 0.3 is 0 Å². The molecule has 6 aromatic rings. The van der Waals surface area contributed by atoms with Crippen molar-refractivity contribution in [3.8, 4) is 22.8 Å². The largest absolute Gasteiger partial charge is 0.497 e. The van der Waals surface area contributed by atoms with Gasteiger partial charge in [0.15, 0.2) is 11.0 Å². The molecule has 42 heavy (non-hydrogen) atoms. The summed E-state index contributed by atoms with van der Waals surface area (Å²) in [7, 11) is 1.64. The second-order valence-corrected chi connectivity index (χ2v) is 10.8. The Kier molecular flexibility index (Phi) is 7.74. The lowest BCUT2D eigenvalue weighted by molar-refractivity contribution is -0.118. The molecule has 0 radical (unpaired) electrons. The predicted octanol–water partition coefficient (Wildman–Crippen LogP) is 6.62. The van der Waals surface area contributed by atoms with E-state index in [1.54, 1.807) is 13.3 Å². The highest BCUT2D eigenvalue weighted by molar-refractivity contribution is 7.99. The van der Waals surface area contributed by atoms with Crippen LogP contribution in [0.2, 0.25) is 0 Å². The number of aromatic nitrogens is 4. The number of carbonyl (C=O) groups is 1. The fraction of sp³-hybridized carbons (Fsp3) is 0.152. The van der Waals surface area contributed by atoms with Crippen molar-refractivity contribution in [2.24, 2.45) is 5.10 Å². The number of benzene rings is 4. The highest BCUT2D eigenvalue weighted by atomic mass is 32.2. The molecule has 0 aliphatic heterocycles. The minimum Gasteiger partial charge on any atom is -0.497 e. The monoisotopic (exact) mass is 574 g/mol. The number of para-hydroxylation sites is 1. The van der Waals surface area contributed by atoms with Gasteiger partial charge in [0, 0.05) is 39.6 Å². The average molecular weight is 575 g/mol. The predicted molar refractivity (Wildman–Crippen MR) is 170 cm³/mol. The Morgan fingerprint density at radius 1 is 0.952 bits per heavy atom. The molecule has 0 bridgehead atoms. The number of rotatable bonds is 9. The maximum Gasteiger partial charge on any atom is 0.250 e. The van der Waals surface area contributed by atoms with Gasteiger partial charge in [-0.25, -0.2) is 5.43 Å². The van der Waals surface area contributed by atoms with Crippen molar-refractivity contribution in [3.05, 3.63) is 102 Å². The van der Waals surface area contributed by atoms with E-state index in [1.165, 1.54) is 33.6 Å². The molecule has 0 fully saturated rings. The third-order valence-electron chi connectivity index (χ3n) is 7.12. The number of hydrogen-bond donors (Lipinski definition) is 1. The minimum absolute atomic E-state index is 0.132. The molecule has 0 aliphatic carbocycles. The number of thioether (sulfide) groups is 1. The van der Waals surface area contributed by atoms with Crippen molar-refractivity contribution in [1.29, 1.82) is 0 Å². The number of aryl methyl sites for hydroxylation is 2. The van der Waals surface area contributed by atoms with Crippen molar-refractivity contribution in [1.82, 2.24) is 24.8 Å². The first-order valence-corrected chi connectivity index (χ1v) is 14.7. The molecule has 0 saturated heterocycles. The smallest absolute Gasteiger partial charge is 0.250 e. The topological polar surface area (TPSA) is 86.3 Å². The molecule has 4 aromatic carbocycles. The zero-order chi connectivity index (χ0) is 29.1. The van der Waals surface area contributed by atoms with Gasteiger partial charge in [-0.15, -0.1) is 10.2 Å². The lowest BCUT2D eigenvalue weighted by Crippen LogP contribution is -2.20. The zero-order valence-electron chi connectivity index (χ0n) is 23.6. The van der Waals surface area contributed by atoms with Crippen LogP contribution in [0, 0.1) is 6.92 Å². The summed E-state index contributed by atoms with van der Waals surface area (Å²) in [5.74, 6) is 1.35. The van der Waals surface area contributed by atoms with Crippen LogP contribution in [-0.4, -0.2) is 44.3 Å². The van der Waals surface area contributed by atoms with Gasteiger partial charge in [0.2, 0.25) is 0 Å². The number of nitrogens with one attached hydrogen (secondary N) is 1. The van der Waals surface area contributed by atoms with Crippen LogP contribution in [0.1, 0.15) is 18.1 Å². The summed E-state index contributed by atoms with van der Waals surface area (Å²) in [6.07, 6.45) is 1.68. The quantitative estimate of drug-likeness (QED) is 0.119. The van der Waals surface area contributed by atoms with Gasteiger partial charge in [-0.3, -0.25) is 9.36 Å². The summed E-state index contributed by atoms with van der Waals surface area (Å²) in [4.78, 5) is 12.8. The first-order chi connectivity index (χ1) is 20.6. The van der Waals surface area contributed by atoms with Crippen molar-refractivity contribution in [2.75, 3.05) is 12.9 Å². The van der Waals surface area contributed by atoms with Crippen LogP contribution in [0.4, 0.5) is 0 Å². The molecule has 0 atom stereocenters. The van der Waals surface area contributed by atoms with Gasteiger partial charge in [0.25, 0.3) is 5.91 Å². The van der Waals surface area contributed by atoms with Crippen molar-refractivity contribution >= 4 is 45.7 Å². The number of hydrogen-bond acceptors (Lipinski definition) is 6. The molecule has 2 heterocycles. The Balaban J connectivity index is 1.18. The van der Waals surface area contributed by atoms with E-state index in [9.17, 15) is 4.79 Å². The van der Waals surface area contributed by atoms with Crippen molar-refractivity contribution in [2.45, 2.75) is 25.5 Å². The second-order valence-electron chi connectivity index (χ2n) is 9.83. The fourth-order valence-electron chi connectivity index (χ4n) is 5.05. The normalized spacial score (nSPS) is 11.5. The standard InChI is InChI=1S/C33H30N6O2S/c1-4-38-29-8-6-5-7-27(29)28-19-23(11-18-30(28)38)20-34-35-31(40)21-42-33-37-36-32(24-12-16-26(41-3)17-13-24)39(33)25-14-9-22(2)10-15-25/h5-20H,4,21H2,1-3H3,(H,35,40). The lowest BCUT2D eigenvalue weighted by atomic mass is 10.1. The van der Waals surface area contributed by atoms with Crippen LogP contribution in [0.25, 0.3) is 38.9 Å². The Morgan fingerprint density at radius 3 is 2.48 bits per heavy atom. The highest BCUT2D eigenvalue weighted by Crippen LogP contribution is 2.30. The Morgan fingerprint density at radius 2 is 1.71 bits per heavy atom. The molecular formula is C33H30N6O2S. The van der Waals surface area contributed by atoms with Gasteiger partial charge in [-0.2, -0.15) is 5.10 Å². The molecule has 210 valence electrons.